The Bertz CT molecular complexity index is 1280. The van der Waals surface area contributed by atoms with Crippen LogP contribution in [0.15, 0.2) is 59.6 Å². The Balaban J connectivity index is 1.65. The number of carboxylic acids is 1. The Labute approximate surface area is 196 Å². The first kappa shape index (κ1) is 23.9. The van der Waals surface area contributed by atoms with Gasteiger partial charge in [0.1, 0.15) is 17.5 Å². The van der Waals surface area contributed by atoms with Gasteiger partial charge >= 0.3 is 5.97 Å². The fraction of sp³-hybridized carbons (Fsp3) is 0.292. The molecule has 2 aromatic carbocycles. The minimum absolute atomic E-state index is 0.0283. The predicted molar refractivity (Wildman–Crippen MR) is 120 cm³/mol. The molecule has 0 unspecified atom stereocenters. The zero-order valence-electron chi connectivity index (χ0n) is 18.2. The zero-order valence-corrected chi connectivity index (χ0v) is 19.0. The van der Waals surface area contributed by atoms with Crippen LogP contribution in [0, 0.1) is 11.6 Å². The summed E-state index contributed by atoms with van der Waals surface area (Å²) in [6, 6.07) is 9.87. The number of aryl methyl sites for hydroxylation is 2. The fourth-order valence-electron chi connectivity index (χ4n) is 4.07. The van der Waals surface area contributed by atoms with Crippen LogP contribution in [0.1, 0.15) is 52.7 Å². The molecule has 1 aliphatic rings. The lowest BCUT2D eigenvalue weighted by atomic mass is 10.0. The van der Waals surface area contributed by atoms with Crippen molar-refractivity contribution in [1.82, 2.24) is 14.3 Å². The zero-order chi connectivity index (χ0) is 24.3. The van der Waals surface area contributed by atoms with Crippen molar-refractivity contribution in [2.45, 2.75) is 43.0 Å². The average Bonchev–Trinajstić information content (AvgIpc) is 2.83. The summed E-state index contributed by atoms with van der Waals surface area (Å²) in [5, 5.41) is 9.59. The molecule has 1 saturated heterocycles. The molecule has 10 heteroatoms. The number of hydrogen-bond acceptors (Lipinski definition) is 5. The molecule has 0 bridgehead atoms. The molecule has 1 atom stereocenters. The van der Waals surface area contributed by atoms with Gasteiger partial charge in [0, 0.05) is 12.7 Å². The monoisotopic (exact) mass is 487 g/mol. The van der Waals surface area contributed by atoms with Gasteiger partial charge in [-0.15, -0.1) is 0 Å². The predicted octanol–water partition coefficient (Wildman–Crippen LogP) is 4.15. The minimum atomic E-state index is -3.94. The van der Waals surface area contributed by atoms with Gasteiger partial charge in [-0.05, 0) is 67.6 Å². The lowest BCUT2D eigenvalue weighted by Gasteiger charge is -2.33. The summed E-state index contributed by atoms with van der Waals surface area (Å²) in [7, 11) is -3.94. The van der Waals surface area contributed by atoms with Gasteiger partial charge in [0.2, 0.25) is 10.0 Å². The molecular weight excluding hydrogens is 464 g/mol. The number of carboxylic acid groups (broad SMARTS) is 1. The van der Waals surface area contributed by atoms with Gasteiger partial charge in [-0.2, -0.15) is 4.31 Å². The van der Waals surface area contributed by atoms with E-state index in [1.54, 1.807) is 12.1 Å². The normalized spacial score (nSPS) is 16.9. The van der Waals surface area contributed by atoms with Crippen LogP contribution < -0.4 is 0 Å². The number of aromatic nitrogens is 2. The van der Waals surface area contributed by atoms with E-state index < -0.39 is 27.9 Å². The second kappa shape index (κ2) is 9.94. The van der Waals surface area contributed by atoms with Crippen molar-refractivity contribution < 1.29 is 27.1 Å². The molecule has 1 aromatic heterocycles. The molecule has 3 aromatic rings. The quantitative estimate of drug-likeness (QED) is 0.537. The maximum absolute atomic E-state index is 13.3. The van der Waals surface area contributed by atoms with Gasteiger partial charge < -0.3 is 5.11 Å². The summed E-state index contributed by atoms with van der Waals surface area (Å²) in [4.78, 5) is 20.4. The second-order valence-corrected chi connectivity index (χ2v) is 9.99. The van der Waals surface area contributed by atoms with E-state index in [9.17, 15) is 27.1 Å². The van der Waals surface area contributed by atoms with Crippen LogP contribution in [-0.2, 0) is 22.9 Å². The lowest BCUT2D eigenvalue weighted by molar-refractivity contribution is 0.0694. The molecule has 2 heterocycles. The summed E-state index contributed by atoms with van der Waals surface area (Å²) >= 11 is 0. The number of rotatable bonds is 7. The highest BCUT2D eigenvalue weighted by Crippen LogP contribution is 2.34. The van der Waals surface area contributed by atoms with Crippen molar-refractivity contribution in [2.24, 2.45) is 0 Å². The third-order valence-electron chi connectivity index (χ3n) is 5.85. The van der Waals surface area contributed by atoms with E-state index in [1.165, 1.54) is 34.8 Å². The number of carbonyl (C=O) groups is 1. The molecule has 1 fully saturated rings. The van der Waals surface area contributed by atoms with Crippen LogP contribution in [0.3, 0.4) is 0 Å². The van der Waals surface area contributed by atoms with Gasteiger partial charge in [0.25, 0.3) is 0 Å². The molecule has 0 radical (unpaired) electrons. The molecule has 0 aliphatic carbocycles. The van der Waals surface area contributed by atoms with Crippen molar-refractivity contribution >= 4 is 16.0 Å². The average molecular weight is 488 g/mol. The largest absolute Gasteiger partial charge is 0.478 e. The molecule has 34 heavy (non-hydrogen) atoms. The van der Waals surface area contributed by atoms with Crippen LogP contribution in [0.2, 0.25) is 0 Å². The Hall–Kier alpha value is -3.24. The van der Waals surface area contributed by atoms with Crippen molar-refractivity contribution in [1.29, 1.82) is 0 Å². The minimum Gasteiger partial charge on any atom is -0.478 e. The van der Waals surface area contributed by atoms with Gasteiger partial charge in [-0.3, -0.25) is 0 Å². The third-order valence-corrected chi connectivity index (χ3v) is 7.77. The Kier molecular flexibility index (Phi) is 6.99. The van der Waals surface area contributed by atoms with Crippen molar-refractivity contribution in [3.8, 4) is 0 Å². The highest BCUT2D eigenvalue weighted by molar-refractivity contribution is 7.89. The maximum Gasteiger partial charge on any atom is 0.339 e. The lowest BCUT2D eigenvalue weighted by Crippen LogP contribution is -2.39. The van der Waals surface area contributed by atoms with Crippen molar-refractivity contribution in [3.63, 3.8) is 0 Å². The first-order chi connectivity index (χ1) is 16.3. The van der Waals surface area contributed by atoms with Gasteiger partial charge in [0.15, 0.2) is 0 Å². The summed E-state index contributed by atoms with van der Waals surface area (Å²) in [6.45, 7) is 0.249. The number of sulfonamides is 1. The van der Waals surface area contributed by atoms with E-state index in [1.807, 2.05) is 0 Å². The highest BCUT2D eigenvalue weighted by atomic mass is 32.2. The topological polar surface area (TPSA) is 100 Å². The second-order valence-electron chi connectivity index (χ2n) is 8.10. The van der Waals surface area contributed by atoms with Crippen LogP contribution >= 0.6 is 0 Å². The van der Waals surface area contributed by atoms with E-state index >= 15 is 0 Å². The van der Waals surface area contributed by atoms with Crippen LogP contribution in [0.4, 0.5) is 8.78 Å². The number of piperidine rings is 1. The fourth-order valence-corrected chi connectivity index (χ4v) is 5.72. The van der Waals surface area contributed by atoms with Crippen molar-refractivity contribution in [3.05, 3.63) is 89.0 Å². The summed E-state index contributed by atoms with van der Waals surface area (Å²) in [6.07, 6.45) is 3.79. The maximum atomic E-state index is 13.3. The Morgan fingerprint density at radius 3 is 2.29 bits per heavy atom. The number of aromatic carboxylic acids is 1. The molecular formula is C24H23F2N3O4S. The summed E-state index contributed by atoms with van der Waals surface area (Å²) in [5.74, 6) is -1.85. The van der Waals surface area contributed by atoms with E-state index in [0.717, 1.165) is 24.1 Å². The number of halogens is 2. The smallest absolute Gasteiger partial charge is 0.339 e. The summed E-state index contributed by atoms with van der Waals surface area (Å²) in [5.41, 5.74) is 1.04. The number of nitrogens with zero attached hydrogens (tertiary/aromatic N) is 3. The van der Waals surface area contributed by atoms with Crippen molar-refractivity contribution in [2.75, 3.05) is 6.54 Å². The molecule has 1 aliphatic heterocycles. The first-order valence-electron chi connectivity index (χ1n) is 10.9. The Morgan fingerprint density at radius 2 is 1.65 bits per heavy atom. The van der Waals surface area contributed by atoms with E-state index in [4.69, 9.17) is 0 Å². The van der Waals surface area contributed by atoms with E-state index in [0.29, 0.717) is 19.3 Å². The standard InChI is InChI=1S/C24H23F2N3O4S/c25-17-7-4-16(5-8-17)6-13-21-20(24(30)31)15-27-23(28-21)22-3-1-2-14-29(22)34(32,33)19-11-9-18(26)10-12-19/h4-5,7-12,15,22H,1-3,6,13-14H2,(H,30,31)/t22-/m1/s1. The molecule has 1 N–H and O–H groups in total. The SMILES string of the molecule is O=C(O)c1cnc([C@H]2CCCCN2S(=O)(=O)c2ccc(F)cc2)nc1CCc1ccc(F)cc1. The first-order valence-corrected chi connectivity index (χ1v) is 12.3. The van der Waals surface area contributed by atoms with E-state index in [2.05, 4.69) is 9.97 Å². The Morgan fingerprint density at radius 1 is 1.00 bits per heavy atom. The molecule has 178 valence electrons. The van der Waals surface area contributed by atoms with Crippen LogP contribution in [-0.4, -0.2) is 40.3 Å². The van der Waals surface area contributed by atoms with Gasteiger partial charge in [0.05, 0.1) is 22.2 Å². The molecule has 0 spiro atoms. The number of benzene rings is 2. The number of hydrogen-bond donors (Lipinski definition) is 1. The van der Waals surface area contributed by atoms with Crippen LogP contribution in [0.5, 0.6) is 0 Å². The molecule has 0 amide bonds. The molecule has 4 rings (SSSR count). The third kappa shape index (κ3) is 5.13. The molecule has 7 nitrogen and oxygen atoms in total. The molecule has 0 saturated carbocycles. The van der Waals surface area contributed by atoms with Crippen LogP contribution in [0.25, 0.3) is 0 Å². The van der Waals surface area contributed by atoms with E-state index in [-0.39, 0.29) is 40.8 Å². The van der Waals surface area contributed by atoms with Gasteiger partial charge in [-0.1, -0.05) is 18.6 Å². The highest BCUT2D eigenvalue weighted by Gasteiger charge is 2.36. The van der Waals surface area contributed by atoms with Gasteiger partial charge in [-0.25, -0.2) is 32.0 Å². The summed E-state index contributed by atoms with van der Waals surface area (Å²) < 4.78 is 54.4.